The van der Waals surface area contributed by atoms with Crippen molar-refractivity contribution in [3.05, 3.63) is 24.3 Å². The minimum Gasteiger partial charge on any atom is -0.459 e. The Kier molecular flexibility index (Phi) is 6.44. The standard InChI is InChI=1S/C19H28N4O3/c1-3-10-23(12-17(24)20-15-8-5-4-7-14(15)2)13-18-21-22-19(26-18)16-9-6-11-25-16/h6,9,11,14-15H,3-5,7-8,10,12-13H2,1-2H3,(H,20,24)/t14-,15-/m0/s1. The molecule has 1 saturated carbocycles. The maximum absolute atomic E-state index is 12.5. The van der Waals surface area contributed by atoms with Crippen molar-refractivity contribution in [3.8, 4) is 11.7 Å². The van der Waals surface area contributed by atoms with Crippen molar-refractivity contribution in [3.63, 3.8) is 0 Å². The molecular weight excluding hydrogens is 332 g/mol. The molecule has 142 valence electrons. The second-order valence-electron chi connectivity index (χ2n) is 7.12. The van der Waals surface area contributed by atoms with E-state index >= 15 is 0 Å². The molecule has 2 aromatic heterocycles. The number of nitrogens with zero attached hydrogens (tertiary/aromatic N) is 3. The summed E-state index contributed by atoms with van der Waals surface area (Å²) in [6.07, 6.45) is 7.26. The van der Waals surface area contributed by atoms with E-state index in [0.29, 0.717) is 42.6 Å². The molecule has 2 aromatic rings. The Balaban J connectivity index is 1.55. The summed E-state index contributed by atoms with van der Waals surface area (Å²) in [5, 5.41) is 11.3. The molecule has 0 bridgehead atoms. The summed E-state index contributed by atoms with van der Waals surface area (Å²) in [4.78, 5) is 14.5. The normalized spacial score (nSPS) is 20.4. The van der Waals surface area contributed by atoms with Crippen molar-refractivity contribution in [2.24, 2.45) is 5.92 Å². The maximum Gasteiger partial charge on any atom is 0.283 e. The molecule has 3 rings (SSSR count). The first-order valence-corrected chi connectivity index (χ1v) is 9.53. The van der Waals surface area contributed by atoms with E-state index in [1.54, 1.807) is 18.4 Å². The van der Waals surface area contributed by atoms with Gasteiger partial charge in [-0.3, -0.25) is 9.69 Å². The summed E-state index contributed by atoms with van der Waals surface area (Å²) in [5.74, 6) is 2.03. The van der Waals surface area contributed by atoms with E-state index in [1.165, 1.54) is 19.3 Å². The van der Waals surface area contributed by atoms with Gasteiger partial charge in [0.05, 0.1) is 19.4 Å². The predicted molar refractivity (Wildman–Crippen MR) is 97.1 cm³/mol. The van der Waals surface area contributed by atoms with Crippen LogP contribution in [0.1, 0.15) is 51.8 Å². The summed E-state index contributed by atoms with van der Waals surface area (Å²) >= 11 is 0. The molecule has 1 aliphatic carbocycles. The molecule has 0 saturated heterocycles. The molecule has 2 heterocycles. The van der Waals surface area contributed by atoms with Gasteiger partial charge in [0, 0.05) is 6.04 Å². The van der Waals surface area contributed by atoms with Gasteiger partial charge in [0.1, 0.15) is 0 Å². The van der Waals surface area contributed by atoms with Crippen LogP contribution in [0.2, 0.25) is 0 Å². The van der Waals surface area contributed by atoms with E-state index in [-0.39, 0.29) is 5.91 Å². The topological polar surface area (TPSA) is 84.4 Å². The monoisotopic (exact) mass is 360 g/mol. The molecule has 1 N–H and O–H groups in total. The molecular formula is C19H28N4O3. The molecule has 1 fully saturated rings. The third-order valence-electron chi connectivity index (χ3n) is 4.92. The van der Waals surface area contributed by atoms with Crippen LogP contribution >= 0.6 is 0 Å². The number of carbonyl (C=O) groups excluding carboxylic acids is 1. The fourth-order valence-electron chi connectivity index (χ4n) is 3.53. The Morgan fingerprint density at radius 2 is 2.19 bits per heavy atom. The van der Waals surface area contributed by atoms with Gasteiger partial charge in [-0.2, -0.15) is 0 Å². The first-order valence-electron chi connectivity index (χ1n) is 9.53. The highest BCUT2D eigenvalue weighted by atomic mass is 16.4. The lowest BCUT2D eigenvalue weighted by atomic mass is 9.86. The maximum atomic E-state index is 12.5. The fraction of sp³-hybridized carbons (Fsp3) is 0.632. The van der Waals surface area contributed by atoms with Crippen LogP contribution in [0.15, 0.2) is 27.2 Å². The Morgan fingerprint density at radius 3 is 2.92 bits per heavy atom. The van der Waals surface area contributed by atoms with Gasteiger partial charge in [-0.25, -0.2) is 0 Å². The molecule has 7 heteroatoms. The Labute approximate surface area is 154 Å². The van der Waals surface area contributed by atoms with Gasteiger partial charge < -0.3 is 14.2 Å². The Hall–Kier alpha value is -2.15. The van der Waals surface area contributed by atoms with Gasteiger partial charge in [-0.05, 0) is 43.9 Å². The molecule has 0 spiro atoms. The fourth-order valence-corrected chi connectivity index (χ4v) is 3.53. The van der Waals surface area contributed by atoms with Crippen LogP contribution in [0.25, 0.3) is 11.7 Å². The zero-order valence-electron chi connectivity index (χ0n) is 15.6. The second kappa shape index (κ2) is 8.98. The van der Waals surface area contributed by atoms with E-state index in [0.717, 1.165) is 19.4 Å². The van der Waals surface area contributed by atoms with Gasteiger partial charge in [-0.1, -0.05) is 26.7 Å². The van der Waals surface area contributed by atoms with Crippen LogP contribution in [0.4, 0.5) is 0 Å². The third kappa shape index (κ3) is 4.94. The van der Waals surface area contributed by atoms with Crippen molar-refractivity contribution in [2.75, 3.05) is 13.1 Å². The van der Waals surface area contributed by atoms with Crippen LogP contribution in [0, 0.1) is 5.92 Å². The van der Waals surface area contributed by atoms with Gasteiger partial charge in [0.25, 0.3) is 5.89 Å². The lowest BCUT2D eigenvalue weighted by Crippen LogP contribution is -2.45. The number of amides is 1. The van der Waals surface area contributed by atoms with Crippen molar-refractivity contribution in [1.82, 2.24) is 20.4 Å². The lowest BCUT2D eigenvalue weighted by molar-refractivity contribution is -0.123. The highest BCUT2D eigenvalue weighted by Gasteiger charge is 2.24. The molecule has 0 aliphatic heterocycles. The van der Waals surface area contributed by atoms with E-state index in [9.17, 15) is 4.79 Å². The van der Waals surface area contributed by atoms with Gasteiger partial charge >= 0.3 is 0 Å². The molecule has 0 radical (unpaired) electrons. The number of nitrogens with one attached hydrogen (secondary N) is 1. The number of carbonyl (C=O) groups is 1. The lowest BCUT2D eigenvalue weighted by Gasteiger charge is -2.30. The van der Waals surface area contributed by atoms with E-state index in [2.05, 4.69) is 29.4 Å². The van der Waals surface area contributed by atoms with Gasteiger partial charge in [0.15, 0.2) is 5.76 Å². The molecule has 1 aliphatic rings. The minimum absolute atomic E-state index is 0.0722. The van der Waals surface area contributed by atoms with Crippen LogP contribution < -0.4 is 5.32 Å². The third-order valence-corrected chi connectivity index (χ3v) is 4.92. The Morgan fingerprint density at radius 1 is 1.35 bits per heavy atom. The van der Waals surface area contributed by atoms with E-state index in [1.807, 2.05) is 4.90 Å². The SMILES string of the molecule is CCCN(CC(=O)N[C@H]1CCCC[C@@H]1C)Cc1nnc(-c2ccco2)o1. The Bertz CT molecular complexity index is 683. The number of furan rings is 1. The summed E-state index contributed by atoms with van der Waals surface area (Å²) in [5.41, 5.74) is 0. The summed E-state index contributed by atoms with van der Waals surface area (Å²) < 4.78 is 10.9. The number of hydrogen-bond donors (Lipinski definition) is 1. The quantitative estimate of drug-likeness (QED) is 0.778. The number of hydrogen-bond acceptors (Lipinski definition) is 6. The summed E-state index contributed by atoms with van der Waals surface area (Å²) in [6.45, 7) is 5.91. The van der Waals surface area contributed by atoms with E-state index < -0.39 is 0 Å². The summed E-state index contributed by atoms with van der Waals surface area (Å²) in [7, 11) is 0. The average Bonchev–Trinajstić information content (AvgIpc) is 3.28. The van der Waals surface area contributed by atoms with Crippen molar-refractivity contribution in [2.45, 2.75) is 58.5 Å². The second-order valence-corrected chi connectivity index (χ2v) is 7.12. The van der Waals surface area contributed by atoms with Crippen molar-refractivity contribution in [1.29, 1.82) is 0 Å². The highest BCUT2D eigenvalue weighted by molar-refractivity contribution is 5.78. The largest absolute Gasteiger partial charge is 0.459 e. The van der Waals surface area contributed by atoms with Crippen molar-refractivity contribution >= 4 is 5.91 Å². The zero-order chi connectivity index (χ0) is 18.4. The van der Waals surface area contributed by atoms with Crippen LogP contribution in [-0.4, -0.2) is 40.1 Å². The molecule has 0 aromatic carbocycles. The van der Waals surface area contributed by atoms with Crippen LogP contribution in [0.3, 0.4) is 0 Å². The molecule has 2 atom stereocenters. The van der Waals surface area contributed by atoms with Gasteiger partial charge in [-0.15, -0.1) is 10.2 Å². The predicted octanol–water partition coefficient (Wildman–Crippen LogP) is 3.24. The minimum atomic E-state index is 0.0722. The summed E-state index contributed by atoms with van der Waals surface area (Å²) in [6, 6.07) is 3.85. The smallest absolute Gasteiger partial charge is 0.283 e. The number of rotatable bonds is 8. The molecule has 1 amide bonds. The van der Waals surface area contributed by atoms with E-state index in [4.69, 9.17) is 8.83 Å². The molecule has 7 nitrogen and oxygen atoms in total. The van der Waals surface area contributed by atoms with Crippen LogP contribution in [0.5, 0.6) is 0 Å². The first-order chi connectivity index (χ1) is 12.7. The zero-order valence-corrected chi connectivity index (χ0v) is 15.6. The molecule has 0 unspecified atom stereocenters. The first kappa shape index (κ1) is 18.6. The number of aromatic nitrogens is 2. The highest BCUT2D eigenvalue weighted by Crippen LogP contribution is 2.23. The average molecular weight is 360 g/mol. The van der Waals surface area contributed by atoms with Crippen LogP contribution in [-0.2, 0) is 11.3 Å². The van der Waals surface area contributed by atoms with Crippen molar-refractivity contribution < 1.29 is 13.6 Å². The molecule has 26 heavy (non-hydrogen) atoms. The van der Waals surface area contributed by atoms with Gasteiger partial charge in [0.2, 0.25) is 11.8 Å².